The molecule has 1 heterocycles. The van der Waals surface area contributed by atoms with Gasteiger partial charge in [-0.25, -0.2) is 13.8 Å². The highest BCUT2D eigenvalue weighted by Crippen LogP contribution is 2.49. The highest BCUT2D eigenvalue weighted by molar-refractivity contribution is 7.81. The minimum absolute atomic E-state index is 0.00184. The lowest BCUT2D eigenvalue weighted by Crippen LogP contribution is -2.55. The summed E-state index contributed by atoms with van der Waals surface area (Å²) in [5.74, 6) is 0.220. The molecule has 3 aromatic carbocycles. The molecule has 0 bridgehead atoms. The van der Waals surface area contributed by atoms with E-state index in [0.29, 0.717) is 24.1 Å². The summed E-state index contributed by atoms with van der Waals surface area (Å²) in [5.41, 5.74) is -1.92. The van der Waals surface area contributed by atoms with Gasteiger partial charge in [0.15, 0.2) is 10.2 Å². The average molecular weight is 641 g/mol. The summed E-state index contributed by atoms with van der Waals surface area (Å²) < 4.78 is 69.0. The van der Waals surface area contributed by atoms with Gasteiger partial charge >= 0.3 is 6.18 Å². The van der Waals surface area contributed by atoms with Crippen molar-refractivity contribution >= 4 is 57.6 Å². The number of hydrogen-bond donors (Lipinski definition) is 2. The molecule has 2 N–H and O–H groups in total. The van der Waals surface area contributed by atoms with Crippen LogP contribution in [0.1, 0.15) is 53.5 Å². The van der Waals surface area contributed by atoms with E-state index in [1.807, 2.05) is 0 Å². The summed E-state index contributed by atoms with van der Waals surface area (Å²) in [7, 11) is 0. The van der Waals surface area contributed by atoms with Gasteiger partial charge in [-0.2, -0.15) is 23.7 Å². The Labute approximate surface area is 259 Å². The molecule has 1 spiro atoms. The number of hydrogen-bond acceptors (Lipinski definition) is 5. The Hall–Kier alpha value is -4.50. The lowest BCUT2D eigenvalue weighted by Gasteiger charge is -2.44. The zero-order valence-electron chi connectivity index (χ0n) is 22.6. The molecule has 0 atom stereocenters. The van der Waals surface area contributed by atoms with Gasteiger partial charge in [0.05, 0.1) is 41.1 Å². The van der Waals surface area contributed by atoms with Gasteiger partial charge in [0.25, 0.3) is 6.43 Å². The molecule has 0 aromatic heterocycles. The number of benzene rings is 3. The van der Waals surface area contributed by atoms with E-state index in [0.717, 1.165) is 24.6 Å². The Morgan fingerprint density at radius 2 is 1.64 bits per heavy atom. The van der Waals surface area contributed by atoms with Gasteiger partial charge in [0.2, 0.25) is 0 Å². The average Bonchev–Trinajstić information content (AvgIpc) is 3.24. The molecule has 1 aliphatic heterocycles. The molecule has 0 unspecified atom stereocenters. The Balaban J connectivity index is 1.64. The van der Waals surface area contributed by atoms with E-state index >= 15 is 0 Å². The van der Waals surface area contributed by atoms with Crippen LogP contribution < -0.4 is 15.1 Å². The molecule has 2 fully saturated rings. The maximum atomic E-state index is 14.0. The number of nitriles is 2. The fraction of sp³-hybridized carbons (Fsp3) is 0.233. The van der Waals surface area contributed by atoms with Crippen molar-refractivity contribution in [3.8, 4) is 12.1 Å². The number of alkyl halides is 5. The topological polar surface area (TPSA) is 98.7 Å². The Bertz CT molecular complexity index is 1760. The van der Waals surface area contributed by atoms with Crippen molar-refractivity contribution in [2.24, 2.45) is 4.99 Å². The lowest BCUT2D eigenvalue weighted by atomic mass is 9.74. The molecule has 14 heteroatoms. The van der Waals surface area contributed by atoms with Gasteiger partial charge in [0, 0.05) is 16.9 Å². The quantitative estimate of drug-likeness (QED) is 0.223. The molecule has 0 radical (unpaired) electrons. The number of thiocarbonyl (C=S) groups is 2. The fourth-order valence-corrected chi connectivity index (χ4v) is 5.99. The predicted molar refractivity (Wildman–Crippen MR) is 162 cm³/mol. The van der Waals surface area contributed by atoms with Crippen LogP contribution in [0.5, 0.6) is 0 Å². The van der Waals surface area contributed by atoms with Crippen LogP contribution in [0.15, 0.2) is 65.7 Å². The third-order valence-electron chi connectivity index (χ3n) is 7.55. The second-order valence-electron chi connectivity index (χ2n) is 10.1. The van der Waals surface area contributed by atoms with Gasteiger partial charge in [-0.1, -0.05) is 12.1 Å². The van der Waals surface area contributed by atoms with Crippen LogP contribution in [0.25, 0.3) is 0 Å². The van der Waals surface area contributed by atoms with Crippen molar-refractivity contribution in [2.45, 2.75) is 44.0 Å². The van der Waals surface area contributed by atoms with Crippen LogP contribution in [0.4, 0.5) is 39.0 Å². The Kier molecular flexibility index (Phi) is 8.36. The molecule has 44 heavy (non-hydrogen) atoms. The first-order valence-electron chi connectivity index (χ1n) is 13.1. The maximum absolute atomic E-state index is 14.0. The normalized spacial score (nSPS) is 16.7. The van der Waals surface area contributed by atoms with Crippen molar-refractivity contribution in [3.05, 3.63) is 88.5 Å². The number of aliphatic hydroxyl groups is 1. The van der Waals surface area contributed by atoms with E-state index in [9.17, 15) is 32.3 Å². The van der Waals surface area contributed by atoms with Crippen LogP contribution in [-0.4, -0.2) is 26.7 Å². The van der Waals surface area contributed by atoms with E-state index in [1.165, 1.54) is 23.1 Å². The van der Waals surface area contributed by atoms with E-state index in [2.05, 4.69) is 10.3 Å². The monoisotopic (exact) mass is 640 g/mol. The van der Waals surface area contributed by atoms with Crippen molar-refractivity contribution in [1.29, 1.82) is 10.5 Å². The highest BCUT2D eigenvalue weighted by atomic mass is 32.1. The molecular formula is C30H21F5N6OS2. The molecular weight excluding hydrogens is 619 g/mol. The summed E-state index contributed by atoms with van der Waals surface area (Å²) in [4.78, 5) is 7.78. The largest absolute Gasteiger partial charge is 0.417 e. The molecule has 2 aliphatic rings. The minimum Gasteiger partial charge on any atom is -0.392 e. The molecule has 1 saturated heterocycles. The molecule has 224 valence electrons. The van der Waals surface area contributed by atoms with Gasteiger partial charge in [-0.15, -0.1) is 0 Å². The predicted octanol–water partition coefficient (Wildman–Crippen LogP) is 7.21. The number of aliphatic hydroxyl groups excluding tert-OH is 1. The van der Waals surface area contributed by atoms with Gasteiger partial charge in [-0.3, -0.25) is 4.90 Å². The van der Waals surface area contributed by atoms with Gasteiger partial charge < -0.3 is 15.3 Å². The number of anilines is 3. The van der Waals surface area contributed by atoms with E-state index in [4.69, 9.17) is 29.7 Å². The number of halogens is 5. The smallest absolute Gasteiger partial charge is 0.392 e. The van der Waals surface area contributed by atoms with Crippen molar-refractivity contribution in [1.82, 2.24) is 0 Å². The molecule has 1 aliphatic carbocycles. The summed E-state index contributed by atoms with van der Waals surface area (Å²) in [6.07, 6.45) is -5.97. The van der Waals surface area contributed by atoms with Gasteiger partial charge in [0.1, 0.15) is 11.4 Å². The number of amidine groups is 1. The molecule has 5 rings (SSSR count). The van der Waals surface area contributed by atoms with Crippen LogP contribution in [0, 0.1) is 22.7 Å². The van der Waals surface area contributed by atoms with Crippen molar-refractivity contribution < 1.29 is 27.1 Å². The zero-order chi connectivity index (χ0) is 31.8. The number of nitrogens with one attached hydrogen (secondary N) is 1. The number of rotatable bonds is 5. The minimum atomic E-state index is -4.83. The van der Waals surface area contributed by atoms with Crippen LogP contribution >= 0.6 is 24.4 Å². The van der Waals surface area contributed by atoms with E-state index < -0.39 is 34.8 Å². The summed E-state index contributed by atoms with van der Waals surface area (Å²) in [5, 5.41) is 30.7. The third-order valence-corrected chi connectivity index (χ3v) is 8.11. The van der Waals surface area contributed by atoms with Crippen LogP contribution in [-0.2, 0) is 12.8 Å². The Morgan fingerprint density at radius 3 is 2.18 bits per heavy atom. The molecule has 7 nitrogen and oxygen atoms in total. The standard InChI is InChI=1S/C30H21F5N6OS2/c31-25(32)23-12-20(6-4-18(23)14-36)38-27(43)39-26-29(10-1-11-29)41(21-7-2-17(16-42)3-8-21)28(44)40(26)22-9-5-19(15-37)24(13-22)30(33,34)35/h2-9,12-13,25,42H,1,10-11,16H2,(H,38,43)/b39-26+. The first-order chi connectivity index (χ1) is 20.9. The molecule has 1 saturated carbocycles. The first-order valence-corrected chi connectivity index (χ1v) is 13.9. The summed E-state index contributed by atoms with van der Waals surface area (Å²) >= 11 is 11.3. The first kappa shape index (κ1) is 30.9. The second kappa shape index (κ2) is 11.9. The lowest BCUT2D eigenvalue weighted by molar-refractivity contribution is -0.137. The zero-order valence-corrected chi connectivity index (χ0v) is 24.2. The number of aliphatic imine (C=N–C) groups is 1. The highest BCUT2D eigenvalue weighted by Gasteiger charge is 2.58. The summed E-state index contributed by atoms with van der Waals surface area (Å²) in [6, 6.07) is 17.1. The van der Waals surface area contributed by atoms with Crippen molar-refractivity contribution in [2.75, 3.05) is 15.1 Å². The third kappa shape index (κ3) is 5.48. The summed E-state index contributed by atoms with van der Waals surface area (Å²) in [6.45, 7) is -0.192. The second-order valence-corrected chi connectivity index (χ2v) is 10.8. The van der Waals surface area contributed by atoms with E-state index in [1.54, 1.807) is 41.3 Å². The molecule has 3 aromatic rings. The number of nitrogens with zero attached hydrogens (tertiary/aromatic N) is 5. The fourth-order valence-electron chi connectivity index (χ4n) is 5.31. The van der Waals surface area contributed by atoms with Crippen LogP contribution in [0.3, 0.4) is 0 Å². The maximum Gasteiger partial charge on any atom is 0.417 e. The van der Waals surface area contributed by atoms with Gasteiger partial charge in [-0.05, 0) is 97.8 Å². The Morgan fingerprint density at radius 1 is 1.00 bits per heavy atom. The van der Waals surface area contributed by atoms with E-state index in [-0.39, 0.29) is 39.6 Å². The molecule has 0 amide bonds. The van der Waals surface area contributed by atoms with Crippen molar-refractivity contribution in [3.63, 3.8) is 0 Å². The van der Waals surface area contributed by atoms with Crippen LogP contribution in [0.2, 0.25) is 0 Å². The SMILES string of the molecule is N#Cc1ccc(NC(=S)/N=C2/N(c3ccc(C#N)c(C(F)(F)F)c3)C(=S)N(c3ccc(CO)cc3)C23CCC3)cc1C(F)F.